The van der Waals surface area contributed by atoms with E-state index in [0.717, 1.165) is 32.1 Å². The number of amides is 2. The Morgan fingerprint density at radius 3 is 2.29 bits per heavy atom. The third kappa shape index (κ3) is 3.11. The molecule has 2 saturated carbocycles. The normalized spacial score (nSPS) is 23.4. The molecular formula is C12H20N2O3. The highest BCUT2D eigenvalue weighted by atomic mass is 16.4. The molecule has 96 valence electrons. The first-order valence-electron chi connectivity index (χ1n) is 6.21. The largest absolute Gasteiger partial charge is 0.481 e. The molecule has 0 aromatic heterocycles. The predicted molar refractivity (Wildman–Crippen MR) is 62.7 cm³/mol. The fraction of sp³-hybridized carbons (Fsp3) is 0.833. The Bertz CT molecular complexity index is 333. The summed E-state index contributed by atoms with van der Waals surface area (Å²) in [6.45, 7) is 2.49. The van der Waals surface area contributed by atoms with Crippen molar-refractivity contribution in [3.63, 3.8) is 0 Å². The highest BCUT2D eigenvalue weighted by Gasteiger charge is 2.41. The number of carbonyl (C=O) groups excluding carboxylic acids is 1. The van der Waals surface area contributed by atoms with Crippen molar-refractivity contribution in [1.82, 2.24) is 10.6 Å². The van der Waals surface area contributed by atoms with Gasteiger partial charge in [-0.2, -0.15) is 0 Å². The summed E-state index contributed by atoms with van der Waals surface area (Å²) in [7, 11) is 0. The first kappa shape index (κ1) is 12.2. The van der Waals surface area contributed by atoms with Gasteiger partial charge >= 0.3 is 12.0 Å². The van der Waals surface area contributed by atoms with Crippen molar-refractivity contribution >= 4 is 12.0 Å². The van der Waals surface area contributed by atoms with Crippen LogP contribution >= 0.6 is 0 Å². The van der Waals surface area contributed by atoms with Gasteiger partial charge in [-0.15, -0.1) is 0 Å². The Balaban J connectivity index is 1.75. The van der Waals surface area contributed by atoms with Gasteiger partial charge in [0, 0.05) is 12.1 Å². The van der Waals surface area contributed by atoms with Crippen LogP contribution in [0.4, 0.5) is 4.79 Å². The minimum atomic E-state index is -0.777. The summed E-state index contributed by atoms with van der Waals surface area (Å²) in [6.07, 6.45) is 5.08. The van der Waals surface area contributed by atoms with E-state index in [2.05, 4.69) is 10.6 Å². The van der Waals surface area contributed by atoms with Gasteiger partial charge in [-0.1, -0.05) is 6.42 Å². The van der Waals surface area contributed by atoms with Gasteiger partial charge in [0.15, 0.2) is 0 Å². The van der Waals surface area contributed by atoms with Crippen LogP contribution in [-0.4, -0.2) is 29.2 Å². The number of hydrogen-bond acceptors (Lipinski definition) is 2. The number of carbonyl (C=O) groups is 2. The number of carboxylic acids is 1. The molecule has 0 radical (unpaired) electrons. The third-order valence-electron chi connectivity index (χ3n) is 3.98. The molecule has 0 spiro atoms. The Kier molecular flexibility index (Phi) is 3.02. The summed E-state index contributed by atoms with van der Waals surface area (Å²) < 4.78 is 0. The molecule has 0 unspecified atom stereocenters. The van der Waals surface area contributed by atoms with Gasteiger partial charge in [0.25, 0.3) is 0 Å². The minimum Gasteiger partial charge on any atom is -0.481 e. The standard InChI is InChI=1S/C12H20N2O3/c1-11(5-6-11)14-10(17)13-8-12(3-2-4-12)7-9(15)16/h2-8H2,1H3,(H,15,16)(H2,13,14,17). The second-order valence-electron chi connectivity index (χ2n) is 5.79. The molecule has 0 aliphatic heterocycles. The maximum absolute atomic E-state index is 11.6. The van der Waals surface area contributed by atoms with Crippen molar-refractivity contribution in [2.24, 2.45) is 5.41 Å². The molecule has 0 aromatic carbocycles. The number of hydrogen-bond donors (Lipinski definition) is 3. The van der Waals surface area contributed by atoms with Gasteiger partial charge < -0.3 is 15.7 Å². The van der Waals surface area contributed by atoms with E-state index in [0.29, 0.717) is 6.54 Å². The topological polar surface area (TPSA) is 78.4 Å². The van der Waals surface area contributed by atoms with Crippen LogP contribution in [-0.2, 0) is 4.79 Å². The molecule has 5 heteroatoms. The van der Waals surface area contributed by atoms with Gasteiger partial charge in [0.1, 0.15) is 0 Å². The molecule has 0 aromatic rings. The van der Waals surface area contributed by atoms with Gasteiger partial charge in [-0.3, -0.25) is 4.79 Å². The zero-order chi connectivity index (χ0) is 12.5. The Labute approximate surface area is 101 Å². The van der Waals surface area contributed by atoms with Crippen molar-refractivity contribution < 1.29 is 14.7 Å². The lowest BCUT2D eigenvalue weighted by atomic mass is 9.66. The molecule has 2 rings (SSSR count). The summed E-state index contributed by atoms with van der Waals surface area (Å²) in [5.74, 6) is -0.777. The first-order valence-corrected chi connectivity index (χ1v) is 6.21. The first-order chi connectivity index (χ1) is 7.93. The summed E-state index contributed by atoms with van der Waals surface area (Å²) in [5, 5.41) is 14.6. The fourth-order valence-corrected chi connectivity index (χ4v) is 2.31. The molecule has 0 bridgehead atoms. The van der Waals surface area contributed by atoms with Gasteiger partial charge in [0.2, 0.25) is 0 Å². The maximum Gasteiger partial charge on any atom is 0.315 e. The maximum atomic E-state index is 11.6. The molecule has 17 heavy (non-hydrogen) atoms. The van der Waals surface area contributed by atoms with Crippen molar-refractivity contribution in [1.29, 1.82) is 0 Å². The summed E-state index contributed by atoms with van der Waals surface area (Å²) in [5.41, 5.74) is -0.225. The van der Waals surface area contributed by atoms with Gasteiger partial charge in [-0.25, -0.2) is 4.79 Å². The lowest BCUT2D eigenvalue weighted by Gasteiger charge is -2.40. The molecule has 0 saturated heterocycles. The van der Waals surface area contributed by atoms with E-state index in [9.17, 15) is 9.59 Å². The molecule has 2 aliphatic carbocycles. The van der Waals surface area contributed by atoms with Crippen LogP contribution in [0.2, 0.25) is 0 Å². The van der Waals surface area contributed by atoms with Crippen molar-refractivity contribution in [2.75, 3.05) is 6.54 Å². The van der Waals surface area contributed by atoms with Crippen LogP contribution < -0.4 is 10.6 Å². The number of nitrogens with one attached hydrogen (secondary N) is 2. The Morgan fingerprint density at radius 2 is 1.88 bits per heavy atom. The van der Waals surface area contributed by atoms with Crippen LogP contribution in [0, 0.1) is 5.41 Å². The van der Waals surface area contributed by atoms with Crippen LogP contribution in [0.5, 0.6) is 0 Å². The Morgan fingerprint density at radius 1 is 1.24 bits per heavy atom. The molecule has 2 fully saturated rings. The average Bonchev–Trinajstić information content (AvgIpc) is 2.87. The molecule has 5 nitrogen and oxygen atoms in total. The molecule has 0 atom stereocenters. The van der Waals surface area contributed by atoms with Crippen LogP contribution in [0.3, 0.4) is 0 Å². The van der Waals surface area contributed by atoms with E-state index >= 15 is 0 Å². The number of rotatable bonds is 5. The highest BCUT2D eigenvalue weighted by molar-refractivity contribution is 5.75. The summed E-state index contributed by atoms with van der Waals surface area (Å²) >= 11 is 0. The van der Waals surface area contributed by atoms with Gasteiger partial charge in [-0.05, 0) is 38.0 Å². The molecular weight excluding hydrogens is 220 g/mol. The molecule has 2 aliphatic rings. The molecule has 3 N–H and O–H groups in total. The van der Waals surface area contributed by atoms with E-state index in [-0.39, 0.29) is 23.4 Å². The van der Waals surface area contributed by atoms with Gasteiger partial charge in [0.05, 0.1) is 6.42 Å². The molecule has 2 amide bonds. The lowest BCUT2D eigenvalue weighted by Crippen LogP contribution is -2.48. The zero-order valence-electron chi connectivity index (χ0n) is 10.2. The van der Waals surface area contributed by atoms with Crippen LogP contribution in [0.1, 0.15) is 45.4 Å². The second kappa shape index (κ2) is 4.20. The third-order valence-corrected chi connectivity index (χ3v) is 3.98. The summed E-state index contributed by atoms with van der Waals surface area (Å²) in [6, 6.07) is -0.165. The second-order valence-corrected chi connectivity index (χ2v) is 5.79. The quantitative estimate of drug-likeness (QED) is 0.681. The lowest BCUT2D eigenvalue weighted by molar-refractivity contribution is -0.141. The fourth-order valence-electron chi connectivity index (χ4n) is 2.31. The highest BCUT2D eigenvalue weighted by Crippen LogP contribution is 2.43. The smallest absolute Gasteiger partial charge is 0.315 e. The molecule has 0 heterocycles. The van der Waals surface area contributed by atoms with E-state index in [1.165, 1.54) is 0 Å². The Hall–Kier alpha value is -1.26. The SMILES string of the molecule is CC1(NC(=O)NCC2(CC(=O)O)CCC2)CC1. The number of urea groups is 1. The van der Waals surface area contributed by atoms with E-state index in [1.807, 2.05) is 6.92 Å². The predicted octanol–water partition coefficient (Wildman–Crippen LogP) is 1.48. The van der Waals surface area contributed by atoms with E-state index < -0.39 is 5.97 Å². The van der Waals surface area contributed by atoms with Crippen molar-refractivity contribution in [2.45, 2.75) is 51.0 Å². The number of aliphatic carboxylic acids is 1. The van der Waals surface area contributed by atoms with Crippen molar-refractivity contribution in [3.05, 3.63) is 0 Å². The van der Waals surface area contributed by atoms with Crippen LogP contribution in [0.15, 0.2) is 0 Å². The van der Waals surface area contributed by atoms with Crippen LogP contribution in [0.25, 0.3) is 0 Å². The van der Waals surface area contributed by atoms with E-state index in [4.69, 9.17) is 5.11 Å². The number of carboxylic acid groups (broad SMARTS) is 1. The average molecular weight is 240 g/mol. The van der Waals surface area contributed by atoms with E-state index in [1.54, 1.807) is 0 Å². The summed E-state index contributed by atoms with van der Waals surface area (Å²) in [4.78, 5) is 22.4. The van der Waals surface area contributed by atoms with Crippen molar-refractivity contribution in [3.8, 4) is 0 Å². The zero-order valence-corrected chi connectivity index (χ0v) is 10.2. The minimum absolute atomic E-state index is 0.0241. The monoisotopic (exact) mass is 240 g/mol.